The first-order valence-electron chi connectivity index (χ1n) is 9.80. The summed E-state index contributed by atoms with van der Waals surface area (Å²) in [5.74, 6) is 1.27. The highest BCUT2D eigenvalue weighted by atomic mass is 19.4. The van der Waals surface area contributed by atoms with Gasteiger partial charge in [-0.3, -0.25) is 4.99 Å². The number of nitrogens with one attached hydrogen (secondary N) is 2. The molecule has 0 amide bonds. The predicted octanol–water partition coefficient (Wildman–Crippen LogP) is 2.09. The van der Waals surface area contributed by atoms with Crippen molar-refractivity contribution in [2.24, 2.45) is 4.99 Å². The third kappa shape index (κ3) is 5.71. The number of guanidine groups is 1. The molecule has 2 aromatic rings. The number of rotatable bonds is 6. The molecule has 30 heavy (non-hydrogen) atoms. The zero-order valence-corrected chi connectivity index (χ0v) is 16.7. The number of piperazine rings is 1. The van der Waals surface area contributed by atoms with Crippen molar-refractivity contribution in [1.29, 1.82) is 0 Å². The summed E-state index contributed by atoms with van der Waals surface area (Å²) in [6.45, 7) is 6.25. The smallest absolute Gasteiger partial charge is 0.368 e. The lowest BCUT2D eigenvalue weighted by atomic mass is 10.2. The van der Waals surface area contributed by atoms with Crippen molar-refractivity contribution in [3.8, 4) is 0 Å². The SMILES string of the molecule is CCNC(=NCCNc1ncccc1C(F)(F)F)N1CCN(c2ncccn2)CC1. The number of hydrogen-bond acceptors (Lipinski definition) is 6. The molecular weight excluding hydrogens is 397 g/mol. The van der Waals surface area contributed by atoms with Gasteiger partial charge >= 0.3 is 6.18 Å². The van der Waals surface area contributed by atoms with Crippen LogP contribution in [-0.2, 0) is 6.18 Å². The second-order valence-electron chi connectivity index (χ2n) is 6.58. The molecule has 2 N–H and O–H groups in total. The Bertz CT molecular complexity index is 820. The van der Waals surface area contributed by atoms with E-state index in [4.69, 9.17) is 0 Å². The van der Waals surface area contributed by atoms with E-state index in [0.717, 1.165) is 38.2 Å². The van der Waals surface area contributed by atoms with Gasteiger partial charge in [0.15, 0.2) is 5.96 Å². The molecule has 162 valence electrons. The van der Waals surface area contributed by atoms with Crippen molar-refractivity contribution in [1.82, 2.24) is 25.2 Å². The summed E-state index contributed by atoms with van der Waals surface area (Å²) in [6.07, 6.45) is 0.329. The maximum absolute atomic E-state index is 13.0. The second kappa shape index (κ2) is 10.1. The van der Waals surface area contributed by atoms with Crippen molar-refractivity contribution in [3.63, 3.8) is 0 Å². The summed E-state index contributed by atoms with van der Waals surface area (Å²) in [7, 11) is 0. The van der Waals surface area contributed by atoms with Crippen LogP contribution in [0.5, 0.6) is 0 Å². The Balaban J connectivity index is 1.54. The average molecular weight is 422 g/mol. The minimum Gasteiger partial charge on any atom is -0.368 e. The summed E-state index contributed by atoms with van der Waals surface area (Å²) < 4.78 is 39.1. The second-order valence-corrected chi connectivity index (χ2v) is 6.58. The van der Waals surface area contributed by atoms with Gasteiger partial charge in [0.2, 0.25) is 5.95 Å². The molecule has 3 rings (SSSR count). The van der Waals surface area contributed by atoms with Gasteiger partial charge in [-0.05, 0) is 25.1 Å². The van der Waals surface area contributed by atoms with Crippen LogP contribution < -0.4 is 15.5 Å². The predicted molar refractivity (Wildman–Crippen MR) is 110 cm³/mol. The Morgan fingerprint density at radius 1 is 1.07 bits per heavy atom. The fourth-order valence-electron chi connectivity index (χ4n) is 3.11. The minimum atomic E-state index is -4.45. The van der Waals surface area contributed by atoms with Crippen LogP contribution in [0.4, 0.5) is 24.9 Å². The van der Waals surface area contributed by atoms with Crippen LogP contribution in [0, 0.1) is 0 Å². The third-order valence-corrected chi connectivity index (χ3v) is 4.53. The van der Waals surface area contributed by atoms with Crippen molar-refractivity contribution >= 4 is 17.7 Å². The molecule has 1 fully saturated rings. The molecule has 0 aromatic carbocycles. The van der Waals surface area contributed by atoms with Gasteiger partial charge in [0.25, 0.3) is 0 Å². The van der Waals surface area contributed by atoms with Crippen molar-refractivity contribution in [2.75, 3.05) is 56.0 Å². The van der Waals surface area contributed by atoms with Crippen LogP contribution in [0.3, 0.4) is 0 Å². The van der Waals surface area contributed by atoms with Crippen molar-refractivity contribution in [2.45, 2.75) is 13.1 Å². The van der Waals surface area contributed by atoms with Gasteiger partial charge in [0.05, 0.1) is 12.1 Å². The molecule has 0 bridgehead atoms. The molecule has 3 heterocycles. The topological polar surface area (TPSA) is 81.6 Å². The third-order valence-electron chi connectivity index (χ3n) is 4.53. The lowest BCUT2D eigenvalue weighted by Gasteiger charge is -2.36. The normalized spacial score (nSPS) is 15.3. The zero-order valence-electron chi connectivity index (χ0n) is 16.7. The summed E-state index contributed by atoms with van der Waals surface area (Å²) in [5, 5.41) is 5.98. The zero-order chi connectivity index (χ0) is 21.4. The van der Waals surface area contributed by atoms with E-state index in [0.29, 0.717) is 19.0 Å². The number of nitrogens with zero attached hydrogens (tertiary/aromatic N) is 6. The number of halogens is 3. The Hall–Kier alpha value is -3.11. The van der Waals surface area contributed by atoms with E-state index in [1.807, 2.05) is 6.92 Å². The molecule has 0 radical (unpaired) electrons. The number of aromatic nitrogens is 3. The van der Waals surface area contributed by atoms with Crippen LogP contribution >= 0.6 is 0 Å². The quantitative estimate of drug-likeness (QED) is 0.419. The van der Waals surface area contributed by atoms with Crippen LogP contribution in [-0.4, -0.2) is 71.6 Å². The maximum atomic E-state index is 13.0. The fourth-order valence-corrected chi connectivity index (χ4v) is 3.11. The van der Waals surface area contributed by atoms with E-state index in [2.05, 4.69) is 40.4 Å². The Morgan fingerprint density at radius 2 is 1.77 bits per heavy atom. The lowest BCUT2D eigenvalue weighted by molar-refractivity contribution is -0.137. The molecule has 1 aliphatic rings. The summed E-state index contributed by atoms with van der Waals surface area (Å²) >= 11 is 0. The molecule has 0 unspecified atom stereocenters. The maximum Gasteiger partial charge on any atom is 0.419 e. The summed E-state index contributed by atoms with van der Waals surface area (Å²) in [6, 6.07) is 4.07. The first-order chi connectivity index (χ1) is 14.5. The number of anilines is 2. The first kappa shape index (κ1) is 21.6. The van der Waals surface area contributed by atoms with Gasteiger partial charge in [0, 0.05) is 57.9 Å². The van der Waals surface area contributed by atoms with Gasteiger partial charge in [-0.25, -0.2) is 15.0 Å². The highest BCUT2D eigenvalue weighted by molar-refractivity contribution is 5.80. The van der Waals surface area contributed by atoms with Gasteiger partial charge in [-0.1, -0.05) is 0 Å². The Morgan fingerprint density at radius 3 is 2.43 bits per heavy atom. The van der Waals surface area contributed by atoms with E-state index in [9.17, 15) is 13.2 Å². The summed E-state index contributed by atoms with van der Waals surface area (Å²) in [5.41, 5.74) is -0.778. The van der Waals surface area contributed by atoms with Crippen LogP contribution in [0.25, 0.3) is 0 Å². The fraction of sp³-hybridized carbons (Fsp3) is 0.474. The minimum absolute atomic E-state index is 0.179. The lowest BCUT2D eigenvalue weighted by Crippen LogP contribution is -2.53. The van der Waals surface area contributed by atoms with E-state index in [1.165, 1.54) is 12.3 Å². The van der Waals surface area contributed by atoms with E-state index >= 15 is 0 Å². The van der Waals surface area contributed by atoms with Crippen molar-refractivity contribution in [3.05, 3.63) is 42.4 Å². The first-order valence-corrected chi connectivity index (χ1v) is 9.80. The molecule has 0 spiro atoms. The number of aliphatic imine (C=N–C) groups is 1. The molecular formula is C19H25F3N8. The standard InChI is InChI=1S/C19H25F3N8/c1-2-23-17(29-11-13-30(14-12-29)18-26-7-4-8-27-18)28-10-9-25-16-15(19(20,21)22)5-3-6-24-16/h3-8H,2,9-14H2,1H3,(H,23,28)(H,24,25). The largest absolute Gasteiger partial charge is 0.419 e. The average Bonchev–Trinajstić information content (AvgIpc) is 2.76. The van der Waals surface area contributed by atoms with E-state index in [1.54, 1.807) is 18.5 Å². The van der Waals surface area contributed by atoms with Gasteiger partial charge < -0.3 is 20.4 Å². The highest BCUT2D eigenvalue weighted by Gasteiger charge is 2.33. The molecule has 2 aromatic heterocycles. The van der Waals surface area contributed by atoms with Crippen LogP contribution in [0.15, 0.2) is 41.8 Å². The molecule has 1 aliphatic heterocycles. The van der Waals surface area contributed by atoms with Gasteiger partial charge in [-0.2, -0.15) is 13.2 Å². The number of pyridine rings is 1. The van der Waals surface area contributed by atoms with Gasteiger partial charge in [-0.15, -0.1) is 0 Å². The molecule has 1 saturated heterocycles. The molecule has 0 saturated carbocycles. The Labute approximate surface area is 173 Å². The molecule has 0 atom stereocenters. The van der Waals surface area contributed by atoms with Crippen molar-refractivity contribution < 1.29 is 13.2 Å². The van der Waals surface area contributed by atoms with Crippen LogP contribution in [0.1, 0.15) is 12.5 Å². The van der Waals surface area contributed by atoms with Gasteiger partial charge in [0.1, 0.15) is 5.82 Å². The number of alkyl halides is 3. The molecule has 8 nitrogen and oxygen atoms in total. The summed E-state index contributed by atoms with van der Waals surface area (Å²) in [4.78, 5) is 21.2. The van der Waals surface area contributed by atoms with E-state index in [-0.39, 0.29) is 12.4 Å². The van der Waals surface area contributed by atoms with E-state index < -0.39 is 11.7 Å². The Kier molecular flexibility index (Phi) is 7.26. The number of hydrogen-bond donors (Lipinski definition) is 2. The monoisotopic (exact) mass is 422 g/mol. The molecule has 11 heteroatoms. The molecule has 0 aliphatic carbocycles. The van der Waals surface area contributed by atoms with Crippen LogP contribution in [0.2, 0.25) is 0 Å². The highest BCUT2D eigenvalue weighted by Crippen LogP contribution is 2.33.